The SMILES string of the molecule is COCc1nnc2n1Cc1c(C#Cc3ccc4nccn4c3)ncn1-c1ccc(Cl)cc1-2. The Labute approximate surface area is 188 Å². The molecule has 5 aromatic rings. The normalized spacial score (nSPS) is 11.9. The lowest BCUT2D eigenvalue weighted by atomic mass is 10.1. The van der Waals surface area contributed by atoms with E-state index in [1.165, 1.54) is 0 Å². The highest BCUT2D eigenvalue weighted by atomic mass is 35.5. The average molecular weight is 442 g/mol. The second kappa shape index (κ2) is 7.34. The first-order valence-electron chi connectivity index (χ1n) is 9.93. The molecule has 6 rings (SSSR count). The van der Waals surface area contributed by atoms with Crippen molar-refractivity contribution in [2.75, 3.05) is 7.11 Å². The number of rotatable bonds is 2. The van der Waals surface area contributed by atoms with Crippen molar-refractivity contribution in [3.63, 3.8) is 0 Å². The molecule has 0 spiro atoms. The molecule has 0 saturated heterocycles. The summed E-state index contributed by atoms with van der Waals surface area (Å²) in [7, 11) is 1.64. The number of nitrogens with zero attached hydrogens (tertiary/aromatic N) is 7. The van der Waals surface area contributed by atoms with Crippen molar-refractivity contribution in [1.29, 1.82) is 0 Å². The van der Waals surface area contributed by atoms with Crippen LogP contribution in [0.2, 0.25) is 5.02 Å². The molecule has 0 atom stereocenters. The quantitative estimate of drug-likeness (QED) is 0.385. The third-order valence-corrected chi connectivity index (χ3v) is 5.68. The van der Waals surface area contributed by atoms with Gasteiger partial charge in [0.15, 0.2) is 11.6 Å². The Morgan fingerprint density at radius 3 is 2.97 bits per heavy atom. The van der Waals surface area contributed by atoms with Gasteiger partial charge < -0.3 is 13.7 Å². The van der Waals surface area contributed by atoms with E-state index < -0.39 is 0 Å². The minimum absolute atomic E-state index is 0.350. The minimum atomic E-state index is 0.350. The molecule has 1 aromatic carbocycles. The molecule has 0 saturated carbocycles. The number of aromatic nitrogens is 7. The minimum Gasteiger partial charge on any atom is -0.377 e. The third kappa shape index (κ3) is 2.99. The molecular formula is C23H16ClN7O. The molecule has 1 aliphatic heterocycles. The average Bonchev–Trinajstić information content (AvgIpc) is 3.50. The van der Waals surface area contributed by atoms with Gasteiger partial charge in [0.2, 0.25) is 0 Å². The predicted octanol–water partition coefficient (Wildman–Crippen LogP) is 3.34. The zero-order valence-corrected chi connectivity index (χ0v) is 17.8. The van der Waals surface area contributed by atoms with Crippen LogP contribution in [0.3, 0.4) is 0 Å². The van der Waals surface area contributed by atoms with Crippen molar-refractivity contribution in [2.24, 2.45) is 0 Å². The Bertz CT molecular complexity index is 1550. The van der Waals surface area contributed by atoms with E-state index in [1.54, 1.807) is 19.6 Å². The molecule has 4 aromatic heterocycles. The molecule has 0 amide bonds. The van der Waals surface area contributed by atoms with E-state index in [4.69, 9.17) is 16.3 Å². The van der Waals surface area contributed by atoms with Crippen LogP contribution in [-0.4, -0.2) is 40.8 Å². The van der Waals surface area contributed by atoms with Crippen LogP contribution in [-0.2, 0) is 17.9 Å². The molecule has 1 aliphatic rings. The van der Waals surface area contributed by atoms with Gasteiger partial charge in [-0.3, -0.25) is 4.57 Å². The third-order valence-electron chi connectivity index (χ3n) is 5.45. The maximum atomic E-state index is 6.31. The molecule has 5 heterocycles. The van der Waals surface area contributed by atoms with Crippen LogP contribution in [0.5, 0.6) is 0 Å². The molecule has 0 aliphatic carbocycles. The summed E-state index contributed by atoms with van der Waals surface area (Å²) in [5.41, 5.74) is 5.21. The van der Waals surface area contributed by atoms with Crippen molar-refractivity contribution in [1.82, 2.24) is 33.7 Å². The van der Waals surface area contributed by atoms with E-state index in [1.807, 2.05) is 56.3 Å². The second-order valence-electron chi connectivity index (χ2n) is 7.39. The number of halogens is 1. The Balaban J connectivity index is 1.50. The van der Waals surface area contributed by atoms with Gasteiger partial charge in [-0.25, -0.2) is 9.97 Å². The Morgan fingerprint density at radius 1 is 1.12 bits per heavy atom. The number of fused-ring (bicyclic) bond motifs is 6. The lowest BCUT2D eigenvalue weighted by Crippen LogP contribution is -2.09. The lowest BCUT2D eigenvalue weighted by molar-refractivity contribution is 0.174. The van der Waals surface area contributed by atoms with Gasteiger partial charge in [0.05, 0.1) is 17.9 Å². The summed E-state index contributed by atoms with van der Waals surface area (Å²) < 4.78 is 11.3. The van der Waals surface area contributed by atoms with Crippen molar-refractivity contribution in [2.45, 2.75) is 13.2 Å². The first-order chi connectivity index (χ1) is 15.7. The van der Waals surface area contributed by atoms with Crippen molar-refractivity contribution in [3.05, 3.63) is 83.0 Å². The van der Waals surface area contributed by atoms with E-state index in [9.17, 15) is 0 Å². The summed E-state index contributed by atoms with van der Waals surface area (Å²) in [5, 5.41) is 9.39. The lowest BCUT2D eigenvalue weighted by Gasteiger charge is -2.08. The maximum Gasteiger partial charge on any atom is 0.166 e. The van der Waals surface area contributed by atoms with E-state index in [-0.39, 0.29) is 0 Å². The molecule has 0 radical (unpaired) electrons. The number of hydrogen-bond donors (Lipinski definition) is 0. The molecule has 0 bridgehead atoms. The highest BCUT2D eigenvalue weighted by Crippen LogP contribution is 2.34. The van der Waals surface area contributed by atoms with Gasteiger partial charge in [-0.05, 0) is 36.3 Å². The smallest absolute Gasteiger partial charge is 0.166 e. The fraction of sp³-hybridized carbons (Fsp3) is 0.130. The van der Waals surface area contributed by atoms with Crippen molar-refractivity contribution < 1.29 is 4.74 Å². The first kappa shape index (κ1) is 18.8. The molecule has 9 heteroatoms. The number of benzene rings is 1. The van der Waals surface area contributed by atoms with Gasteiger partial charge in [0.1, 0.15) is 24.3 Å². The predicted molar refractivity (Wildman–Crippen MR) is 119 cm³/mol. The van der Waals surface area contributed by atoms with Crippen molar-refractivity contribution in [3.8, 4) is 28.9 Å². The monoisotopic (exact) mass is 441 g/mol. The van der Waals surface area contributed by atoms with E-state index in [2.05, 4.69) is 32.0 Å². The van der Waals surface area contributed by atoms with Gasteiger partial charge in [-0.1, -0.05) is 17.5 Å². The van der Waals surface area contributed by atoms with Crippen LogP contribution in [0.4, 0.5) is 0 Å². The van der Waals surface area contributed by atoms with Crippen LogP contribution in [0.1, 0.15) is 22.8 Å². The van der Waals surface area contributed by atoms with Gasteiger partial charge >= 0.3 is 0 Å². The molecule has 0 unspecified atom stereocenters. The van der Waals surface area contributed by atoms with E-state index in [0.29, 0.717) is 23.9 Å². The standard InChI is InChI=1S/C23H16ClN7O/c1-32-13-22-27-28-23-17-10-16(24)4-6-19(17)31-14-26-18(20(31)12-30(22)23)5-2-15-3-7-21-25-8-9-29(21)11-15/h3-4,6-11,14H,12-13H2,1H3. The Hall–Kier alpha value is -3.93. The molecule has 8 nitrogen and oxygen atoms in total. The topological polar surface area (TPSA) is 75.1 Å². The van der Waals surface area contributed by atoms with E-state index >= 15 is 0 Å². The number of ether oxygens (including phenoxy) is 1. The van der Waals surface area contributed by atoms with Gasteiger partial charge in [0, 0.05) is 41.8 Å². The Morgan fingerprint density at radius 2 is 2.06 bits per heavy atom. The van der Waals surface area contributed by atoms with Gasteiger partial charge in [0.25, 0.3) is 0 Å². The summed E-state index contributed by atoms with van der Waals surface area (Å²) in [5.74, 6) is 7.94. The first-order valence-corrected chi connectivity index (χ1v) is 10.3. The summed E-state index contributed by atoms with van der Waals surface area (Å²) in [4.78, 5) is 8.88. The number of imidazole rings is 2. The van der Waals surface area contributed by atoms with Crippen molar-refractivity contribution >= 4 is 17.2 Å². The summed E-state index contributed by atoms with van der Waals surface area (Å²) in [6.07, 6.45) is 7.41. The molecular weight excluding hydrogens is 426 g/mol. The van der Waals surface area contributed by atoms with Crippen LogP contribution in [0.25, 0.3) is 22.7 Å². The number of methoxy groups -OCH3 is 1. The van der Waals surface area contributed by atoms with Gasteiger partial charge in [-0.15, -0.1) is 10.2 Å². The van der Waals surface area contributed by atoms with Gasteiger partial charge in [-0.2, -0.15) is 0 Å². The fourth-order valence-corrected chi connectivity index (χ4v) is 4.12. The van der Waals surface area contributed by atoms with Crippen LogP contribution in [0, 0.1) is 11.8 Å². The van der Waals surface area contributed by atoms with Crippen LogP contribution in [0.15, 0.2) is 55.2 Å². The Kier molecular flexibility index (Phi) is 4.31. The fourth-order valence-electron chi connectivity index (χ4n) is 3.95. The maximum absolute atomic E-state index is 6.31. The molecule has 156 valence electrons. The highest BCUT2D eigenvalue weighted by molar-refractivity contribution is 6.31. The largest absolute Gasteiger partial charge is 0.377 e. The van der Waals surface area contributed by atoms with Crippen LogP contribution >= 0.6 is 11.6 Å². The zero-order valence-electron chi connectivity index (χ0n) is 17.0. The highest BCUT2D eigenvalue weighted by Gasteiger charge is 2.25. The van der Waals surface area contributed by atoms with Crippen LogP contribution < -0.4 is 0 Å². The number of pyridine rings is 1. The molecule has 32 heavy (non-hydrogen) atoms. The summed E-state index contributed by atoms with van der Waals surface area (Å²) in [6, 6.07) is 9.62. The summed E-state index contributed by atoms with van der Waals surface area (Å²) >= 11 is 6.31. The zero-order chi connectivity index (χ0) is 21.7. The second-order valence-corrected chi connectivity index (χ2v) is 7.83. The number of hydrogen-bond acceptors (Lipinski definition) is 5. The molecule has 0 fully saturated rings. The van der Waals surface area contributed by atoms with E-state index in [0.717, 1.165) is 39.8 Å². The molecule has 0 N–H and O–H groups in total. The summed E-state index contributed by atoms with van der Waals surface area (Å²) in [6.45, 7) is 0.862.